The molecule has 3 heterocycles. The maximum Gasteiger partial charge on any atom is 0.226 e. The normalized spacial score (nSPS) is 22.0. The minimum Gasteiger partial charge on any atom is -0.334 e. The van der Waals surface area contributed by atoms with E-state index in [0.29, 0.717) is 5.91 Å². The molecule has 0 bridgehead atoms. The van der Waals surface area contributed by atoms with Crippen LogP contribution in [0.5, 0.6) is 0 Å². The second-order valence-electron chi connectivity index (χ2n) is 6.96. The predicted octanol–water partition coefficient (Wildman–Crippen LogP) is 3.72. The fraction of sp³-hybridized carbons (Fsp3) is 0.526. The van der Waals surface area contributed by atoms with Crippen LogP contribution >= 0.6 is 0 Å². The fourth-order valence-electron chi connectivity index (χ4n) is 4.21. The molecule has 1 saturated heterocycles. The van der Waals surface area contributed by atoms with Gasteiger partial charge in [-0.2, -0.15) is 5.10 Å². The number of aromatic amines is 1. The van der Waals surface area contributed by atoms with Gasteiger partial charge in [0.1, 0.15) is 0 Å². The van der Waals surface area contributed by atoms with E-state index < -0.39 is 0 Å². The Bertz CT molecular complexity index is 690. The molecule has 126 valence electrons. The van der Waals surface area contributed by atoms with Crippen LogP contribution in [0.2, 0.25) is 0 Å². The van der Waals surface area contributed by atoms with Crippen LogP contribution < -0.4 is 0 Å². The second kappa shape index (κ2) is 6.75. The summed E-state index contributed by atoms with van der Waals surface area (Å²) in [6.07, 6.45) is 13.3. The molecule has 0 spiro atoms. The van der Waals surface area contributed by atoms with Crippen molar-refractivity contribution in [2.45, 2.75) is 51.0 Å². The van der Waals surface area contributed by atoms with E-state index in [2.05, 4.69) is 20.1 Å². The maximum absolute atomic E-state index is 13.0. The van der Waals surface area contributed by atoms with Crippen molar-refractivity contribution in [2.75, 3.05) is 6.54 Å². The van der Waals surface area contributed by atoms with Gasteiger partial charge in [-0.3, -0.25) is 14.9 Å². The number of hydrogen-bond acceptors (Lipinski definition) is 3. The van der Waals surface area contributed by atoms with Gasteiger partial charge in [-0.15, -0.1) is 0 Å². The van der Waals surface area contributed by atoms with Gasteiger partial charge in [0.2, 0.25) is 5.91 Å². The number of nitrogens with one attached hydrogen (secondary N) is 1. The molecule has 0 unspecified atom stereocenters. The lowest BCUT2D eigenvalue weighted by molar-refractivity contribution is -0.139. The summed E-state index contributed by atoms with van der Waals surface area (Å²) >= 11 is 0. The molecule has 2 aromatic rings. The number of amides is 1. The van der Waals surface area contributed by atoms with Gasteiger partial charge in [0.05, 0.1) is 17.9 Å². The smallest absolute Gasteiger partial charge is 0.226 e. The molecule has 0 radical (unpaired) electrons. The summed E-state index contributed by atoms with van der Waals surface area (Å²) in [4.78, 5) is 19.3. The molecular weight excluding hydrogens is 300 g/mol. The van der Waals surface area contributed by atoms with E-state index in [9.17, 15) is 4.79 Å². The summed E-state index contributed by atoms with van der Waals surface area (Å²) in [7, 11) is 0. The average Bonchev–Trinajstić information content (AvgIpc) is 3.33. The van der Waals surface area contributed by atoms with Crippen LogP contribution in [0.3, 0.4) is 0 Å². The molecule has 1 aliphatic carbocycles. The molecule has 24 heavy (non-hydrogen) atoms. The number of aromatic nitrogens is 3. The molecule has 1 aliphatic heterocycles. The molecule has 5 nitrogen and oxygen atoms in total. The maximum atomic E-state index is 13.0. The first-order chi connectivity index (χ1) is 11.8. The summed E-state index contributed by atoms with van der Waals surface area (Å²) in [6, 6.07) is 4.12. The third kappa shape index (κ3) is 2.83. The number of pyridine rings is 1. The molecule has 1 saturated carbocycles. The number of likely N-dealkylation sites (tertiary alicyclic amines) is 1. The minimum absolute atomic E-state index is 0.123. The van der Waals surface area contributed by atoms with Crippen molar-refractivity contribution < 1.29 is 4.79 Å². The van der Waals surface area contributed by atoms with Gasteiger partial charge >= 0.3 is 0 Å². The van der Waals surface area contributed by atoms with E-state index in [1.165, 1.54) is 12.8 Å². The Morgan fingerprint density at radius 3 is 2.62 bits per heavy atom. The molecule has 2 fully saturated rings. The van der Waals surface area contributed by atoms with Crippen LogP contribution in [0.1, 0.15) is 56.7 Å². The predicted molar refractivity (Wildman–Crippen MR) is 92.1 cm³/mol. The van der Waals surface area contributed by atoms with E-state index in [0.717, 1.165) is 55.5 Å². The van der Waals surface area contributed by atoms with E-state index >= 15 is 0 Å². The lowest BCUT2D eigenvalue weighted by Crippen LogP contribution is -2.41. The number of piperidine rings is 1. The largest absolute Gasteiger partial charge is 0.334 e. The quantitative estimate of drug-likeness (QED) is 0.936. The van der Waals surface area contributed by atoms with E-state index in [1.54, 1.807) is 12.4 Å². The van der Waals surface area contributed by atoms with E-state index in [4.69, 9.17) is 0 Å². The number of hydrogen-bond donors (Lipinski definition) is 1. The van der Waals surface area contributed by atoms with Crippen LogP contribution in [-0.4, -0.2) is 32.5 Å². The van der Waals surface area contributed by atoms with E-state index in [1.807, 2.05) is 18.3 Å². The highest BCUT2D eigenvalue weighted by molar-refractivity contribution is 5.80. The number of nitrogens with zero attached hydrogens (tertiary/aromatic N) is 3. The summed E-state index contributed by atoms with van der Waals surface area (Å²) in [5, 5.41) is 7.47. The van der Waals surface area contributed by atoms with Crippen molar-refractivity contribution in [2.24, 2.45) is 5.92 Å². The lowest BCUT2D eigenvalue weighted by Gasteiger charge is -2.37. The molecular formula is C19H24N4O. The lowest BCUT2D eigenvalue weighted by atomic mass is 9.93. The zero-order valence-corrected chi connectivity index (χ0v) is 13.9. The Morgan fingerprint density at radius 2 is 1.83 bits per heavy atom. The highest BCUT2D eigenvalue weighted by atomic mass is 16.2. The summed E-state index contributed by atoms with van der Waals surface area (Å²) in [6.45, 7) is 0.870. The first-order valence-electron chi connectivity index (χ1n) is 9.09. The summed E-state index contributed by atoms with van der Waals surface area (Å²) < 4.78 is 0. The van der Waals surface area contributed by atoms with Crippen LogP contribution in [0, 0.1) is 5.92 Å². The Morgan fingerprint density at radius 1 is 1.08 bits per heavy atom. The molecule has 1 amide bonds. The standard InChI is InChI=1S/C19H24N4O/c24-19(15-5-1-2-6-15)23-12-4-3-7-17(23)18-16(13-21-22-18)14-8-10-20-11-9-14/h8-11,13,15,17H,1-7,12H2,(H,21,22)/t17-/m1/s1. The van der Waals surface area contributed by atoms with Gasteiger partial charge in [0, 0.05) is 30.4 Å². The molecule has 2 aliphatic rings. The van der Waals surface area contributed by atoms with E-state index in [-0.39, 0.29) is 12.0 Å². The number of carbonyl (C=O) groups is 1. The topological polar surface area (TPSA) is 61.9 Å². The number of carbonyl (C=O) groups excluding carboxylic acids is 1. The first-order valence-corrected chi connectivity index (χ1v) is 9.09. The fourth-order valence-corrected chi connectivity index (χ4v) is 4.21. The summed E-state index contributed by atoms with van der Waals surface area (Å²) in [5.41, 5.74) is 3.27. The Kier molecular flexibility index (Phi) is 4.32. The first kappa shape index (κ1) is 15.4. The third-order valence-electron chi connectivity index (χ3n) is 5.48. The Labute approximate surface area is 142 Å². The number of H-pyrrole nitrogens is 1. The van der Waals surface area contributed by atoms with Crippen LogP contribution in [0.15, 0.2) is 30.7 Å². The zero-order valence-electron chi connectivity index (χ0n) is 13.9. The van der Waals surface area contributed by atoms with Crippen molar-refractivity contribution in [3.63, 3.8) is 0 Å². The van der Waals surface area contributed by atoms with Gasteiger partial charge < -0.3 is 4.90 Å². The molecule has 0 aromatic carbocycles. The van der Waals surface area contributed by atoms with Crippen LogP contribution in [-0.2, 0) is 4.79 Å². The minimum atomic E-state index is 0.123. The van der Waals surface area contributed by atoms with Crippen LogP contribution in [0.25, 0.3) is 11.1 Å². The van der Waals surface area contributed by atoms with Gasteiger partial charge in [0.25, 0.3) is 0 Å². The van der Waals surface area contributed by atoms with Crippen molar-refractivity contribution in [3.05, 3.63) is 36.4 Å². The number of rotatable bonds is 3. The molecule has 1 atom stereocenters. The second-order valence-corrected chi connectivity index (χ2v) is 6.96. The van der Waals surface area contributed by atoms with Crippen LogP contribution in [0.4, 0.5) is 0 Å². The highest BCUT2D eigenvalue weighted by Crippen LogP contribution is 2.38. The highest BCUT2D eigenvalue weighted by Gasteiger charge is 2.35. The zero-order chi connectivity index (χ0) is 16.4. The Balaban J connectivity index is 1.64. The van der Waals surface area contributed by atoms with Gasteiger partial charge in [-0.05, 0) is 49.8 Å². The monoisotopic (exact) mass is 324 g/mol. The average molecular weight is 324 g/mol. The Hall–Kier alpha value is -2.17. The van der Waals surface area contributed by atoms with Crippen molar-refractivity contribution in [1.29, 1.82) is 0 Å². The summed E-state index contributed by atoms with van der Waals surface area (Å²) in [5.74, 6) is 0.588. The SMILES string of the molecule is O=C(C1CCCC1)N1CCCC[C@@H]1c1[nH]ncc1-c1ccncc1. The third-order valence-corrected chi connectivity index (χ3v) is 5.48. The van der Waals surface area contributed by atoms with Crippen molar-refractivity contribution in [3.8, 4) is 11.1 Å². The van der Waals surface area contributed by atoms with Gasteiger partial charge in [-0.1, -0.05) is 12.8 Å². The van der Waals surface area contributed by atoms with Crippen molar-refractivity contribution in [1.82, 2.24) is 20.1 Å². The molecule has 5 heteroatoms. The molecule has 1 N–H and O–H groups in total. The van der Waals surface area contributed by atoms with Gasteiger partial charge in [0.15, 0.2) is 0 Å². The molecule has 4 rings (SSSR count). The van der Waals surface area contributed by atoms with Gasteiger partial charge in [-0.25, -0.2) is 0 Å². The molecule has 2 aromatic heterocycles. The van der Waals surface area contributed by atoms with Crippen molar-refractivity contribution >= 4 is 5.91 Å².